The van der Waals surface area contributed by atoms with Gasteiger partial charge >= 0.3 is 6.09 Å². The van der Waals surface area contributed by atoms with Gasteiger partial charge in [-0.05, 0) is 24.2 Å². The third kappa shape index (κ3) is 3.99. The summed E-state index contributed by atoms with van der Waals surface area (Å²) in [5, 5.41) is 5.82. The molecule has 82 valence electrons. The number of benzene rings is 1. The van der Waals surface area contributed by atoms with Crippen molar-refractivity contribution in [1.29, 1.82) is 0 Å². The van der Waals surface area contributed by atoms with Crippen molar-refractivity contribution in [1.82, 2.24) is 5.32 Å². The fourth-order valence-corrected chi connectivity index (χ4v) is 1.14. The molecule has 1 aromatic rings. The van der Waals surface area contributed by atoms with Gasteiger partial charge in [-0.2, -0.15) is 0 Å². The topological polar surface area (TPSA) is 50.4 Å². The fourth-order valence-electron chi connectivity index (χ4n) is 1.14. The average Bonchev–Trinajstić information content (AvgIpc) is 2.28. The number of carbonyl (C=O) groups is 1. The molecule has 15 heavy (non-hydrogen) atoms. The van der Waals surface area contributed by atoms with E-state index in [2.05, 4.69) is 22.3 Å². The molecule has 0 spiro atoms. The summed E-state index contributed by atoms with van der Waals surface area (Å²) in [4.78, 5) is 10.9. The van der Waals surface area contributed by atoms with Crippen LogP contribution in [0.1, 0.15) is 12.5 Å². The molecule has 0 saturated heterocycles. The summed E-state index contributed by atoms with van der Waals surface area (Å²) in [6.07, 6.45) is -0.450. The number of anilines is 1. The summed E-state index contributed by atoms with van der Waals surface area (Å²) in [6.45, 7) is 3.85. The molecule has 0 aromatic heterocycles. The normalized spacial score (nSPS) is 9.73. The van der Waals surface area contributed by atoms with Gasteiger partial charge in [-0.3, -0.25) is 5.32 Å². The van der Waals surface area contributed by atoms with Crippen LogP contribution in [0.25, 0.3) is 0 Å². The molecule has 0 aliphatic carbocycles. The highest BCUT2D eigenvalue weighted by atomic mass is 16.5. The van der Waals surface area contributed by atoms with Crippen LogP contribution in [0.15, 0.2) is 24.3 Å². The van der Waals surface area contributed by atoms with Gasteiger partial charge in [-0.25, -0.2) is 4.79 Å². The smallest absolute Gasteiger partial charge is 0.411 e. The van der Waals surface area contributed by atoms with E-state index in [1.165, 1.54) is 12.7 Å². The van der Waals surface area contributed by atoms with Crippen LogP contribution in [-0.4, -0.2) is 19.7 Å². The van der Waals surface area contributed by atoms with Gasteiger partial charge in [0, 0.05) is 12.2 Å². The molecule has 4 nitrogen and oxygen atoms in total. The minimum Gasteiger partial charge on any atom is -0.453 e. The Morgan fingerprint density at radius 1 is 1.33 bits per heavy atom. The zero-order valence-corrected chi connectivity index (χ0v) is 9.04. The van der Waals surface area contributed by atoms with Gasteiger partial charge in [0.1, 0.15) is 0 Å². The predicted octanol–water partition coefficient (Wildman–Crippen LogP) is 1.97. The van der Waals surface area contributed by atoms with Crippen LogP contribution in [0.2, 0.25) is 0 Å². The second-order valence-electron chi connectivity index (χ2n) is 3.09. The largest absolute Gasteiger partial charge is 0.453 e. The van der Waals surface area contributed by atoms with Crippen LogP contribution in [0.5, 0.6) is 0 Å². The third-order valence-electron chi connectivity index (χ3n) is 1.96. The van der Waals surface area contributed by atoms with Crippen molar-refractivity contribution in [3.05, 3.63) is 29.8 Å². The summed E-state index contributed by atoms with van der Waals surface area (Å²) >= 11 is 0. The van der Waals surface area contributed by atoms with E-state index in [4.69, 9.17) is 0 Å². The molecular weight excluding hydrogens is 192 g/mol. The minimum absolute atomic E-state index is 0.450. The highest BCUT2D eigenvalue weighted by Crippen LogP contribution is 2.09. The molecule has 0 atom stereocenters. The SMILES string of the molecule is CCNCc1ccc(NC(=O)OC)cc1. The summed E-state index contributed by atoms with van der Waals surface area (Å²) in [6, 6.07) is 7.63. The first kappa shape index (κ1) is 11.5. The second kappa shape index (κ2) is 6.03. The highest BCUT2D eigenvalue weighted by Gasteiger charge is 1.99. The molecule has 0 fully saturated rings. The van der Waals surface area contributed by atoms with Crippen molar-refractivity contribution in [2.75, 3.05) is 19.0 Å². The van der Waals surface area contributed by atoms with Gasteiger partial charge in [0.15, 0.2) is 0 Å². The van der Waals surface area contributed by atoms with E-state index in [1.807, 2.05) is 24.3 Å². The molecule has 0 radical (unpaired) electrons. The van der Waals surface area contributed by atoms with Crippen LogP contribution >= 0.6 is 0 Å². The number of methoxy groups -OCH3 is 1. The Balaban J connectivity index is 2.52. The Bertz CT molecular complexity index is 309. The predicted molar refractivity (Wildman–Crippen MR) is 59.9 cm³/mol. The first-order chi connectivity index (χ1) is 7.26. The Hall–Kier alpha value is -1.55. The molecule has 1 amide bonds. The van der Waals surface area contributed by atoms with Gasteiger partial charge in [0.05, 0.1) is 7.11 Å². The summed E-state index contributed by atoms with van der Waals surface area (Å²) in [7, 11) is 1.34. The quantitative estimate of drug-likeness (QED) is 0.795. The van der Waals surface area contributed by atoms with Crippen LogP contribution in [0.4, 0.5) is 10.5 Å². The number of hydrogen-bond donors (Lipinski definition) is 2. The number of nitrogens with one attached hydrogen (secondary N) is 2. The second-order valence-corrected chi connectivity index (χ2v) is 3.09. The molecule has 0 saturated carbocycles. The van der Waals surface area contributed by atoms with Crippen LogP contribution in [0.3, 0.4) is 0 Å². The van der Waals surface area contributed by atoms with Crippen molar-refractivity contribution in [3.63, 3.8) is 0 Å². The van der Waals surface area contributed by atoms with E-state index in [9.17, 15) is 4.79 Å². The summed E-state index contributed by atoms with van der Waals surface area (Å²) < 4.78 is 4.49. The minimum atomic E-state index is -0.450. The molecule has 0 heterocycles. The molecular formula is C11H16N2O2. The van der Waals surface area contributed by atoms with E-state index < -0.39 is 6.09 Å². The third-order valence-corrected chi connectivity index (χ3v) is 1.96. The summed E-state index contributed by atoms with van der Waals surface area (Å²) in [5.74, 6) is 0. The maximum atomic E-state index is 10.9. The van der Waals surface area contributed by atoms with Crippen molar-refractivity contribution in [3.8, 4) is 0 Å². The zero-order valence-electron chi connectivity index (χ0n) is 9.04. The lowest BCUT2D eigenvalue weighted by molar-refractivity contribution is 0.187. The van der Waals surface area contributed by atoms with Crippen molar-refractivity contribution < 1.29 is 9.53 Å². The molecule has 0 aliphatic rings. The Labute approximate surface area is 89.6 Å². The van der Waals surface area contributed by atoms with Crippen molar-refractivity contribution >= 4 is 11.8 Å². The first-order valence-corrected chi connectivity index (χ1v) is 4.91. The average molecular weight is 208 g/mol. The van der Waals surface area contributed by atoms with Gasteiger partial charge in [0.2, 0.25) is 0 Å². The molecule has 1 aromatic carbocycles. The zero-order chi connectivity index (χ0) is 11.1. The van der Waals surface area contributed by atoms with E-state index in [1.54, 1.807) is 0 Å². The first-order valence-electron chi connectivity index (χ1n) is 4.91. The molecule has 2 N–H and O–H groups in total. The molecule has 0 bridgehead atoms. The maximum absolute atomic E-state index is 10.9. The Kier molecular flexibility index (Phi) is 4.63. The van der Waals surface area contributed by atoms with Crippen molar-refractivity contribution in [2.45, 2.75) is 13.5 Å². The van der Waals surface area contributed by atoms with Gasteiger partial charge in [-0.15, -0.1) is 0 Å². The maximum Gasteiger partial charge on any atom is 0.411 e. The Morgan fingerprint density at radius 3 is 2.53 bits per heavy atom. The lowest BCUT2D eigenvalue weighted by atomic mass is 10.2. The van der Waals surface area contributed by atoms with Gasteiger partial charge < -0.3 is 10.1 Å². The Morgan fingerprint density at radius 2 is 2.00 bits per heavy atom. The number of rotatable bonds is 4. The molecule has 0 unspecified atom stereocenters. The monoisotopic (exact) mass is 208 g/mol. The number of hydrogen-bond acceptors (Lipinski definition) is 3. The van der Waals surface area contributed by atoms with E-state index in [-0.39, 0.29) is 0 Å². The lowest BCUT2D eigenvalue weighted by Crippen LogP contribution is -2.12. The van der Waals surface area contributed by atoms with Crippen molar-refractivity contribution in [2.24, 2.45) is 0 Å². The lowest BCUT2D eigenvalue weighted by Gasteiger charge is -2.05. The van der Waals surface area contributed by atoms with Crippen LogP contribution in [-0.2, 0) is 11.3 Å². The molecule has 0 aliphatic heterocycles. The highest BCUT2D eigenvalue weighted by molar-refractivity contribution is 5.84. The number of amides is 1. The number of ether oxygens (including phenoxy) is 1. The van der Waals surface area contributed by atoms with Gasteiger partial charge in [-0.1, -0.05) is 19.1 Å². The summed E-state index contributed by atoms with van der Waals surface area (Å²) in [5.41, 5.74) is 1.93. The van der Waals surface area contributed by atoms with E-state index in [0.29, 0.717) is 0 Å². The van der Waals surface area contributed by atoms with Crippen LogP contribution < -0.4 is 10.6 Å². The van der Waals surface area contributed by atoms with Crippen LogP contribution in [0, 0.1) is 0 Å². The fraction of sp³-hybridized carbons (Fsp3) is 0.364. The number of carbonyl (C=O) groups excluding carboxylic acids is 1. The van der Waals surface area contributed by atoms with E-state index >= 15 is 0 Å². The molecule has 1 rings (SSSR count). The van der Waals surface area contributed by atoms with E-state index in [0.717, 1.165) is 18.8 Å². The molecule has 4 heteroatoms. The standard InChI is InChI=1S/C11H16N2O2/c1-3-12-8-9-4-6-10(7-5-9)13-11(14)15-2/h4-7,12H,3,8H2,1-2H3,(H,13,14). The van der Waals surface area contributed by atoms with Gasteiger partial charge in [0.25, 0.3) is 0 Å².